The van der Waals surface area contributed by atoms with Gasteiger partial charge in [0.1, 0.15) is 0 Å². The summed E-state index contributed by atoms with van der Waals surface area (Å²) >= 11 is 6.02. The van der Waals surface area contributed by atoms with E-state index < -0.39 is 0 Å². The van der Waals surface area contributed by atoms with Crippen molar-refractivity contribution in [2.75, 3.05) is 13.6 Å². The summed E-state index contributed by atoms with van der Waals surface area (Å²) in [4.78, 5) is 8.76. The van der Waals surface area contributed by atoms with E-state index in [1.54, 1.807) is 7.05 Å². The van der Waals surface area contributed by atoms with E-state index >= 15 is 0 Å². The van der Waals surface area contributed by atoms with Gasteiger partial charge in [-0.05, 0) is 35.6 Å². The second kappa shape index (κ2) is 10.3. The SMILES string of the molecule is CN=C(NCCc1cccc(Cl)c1)NCc1nccc2ccccc12.I. The van der Waals surface area contributed by atoms with Gasteiger partial charge in [-0.1, -0.05) is 48.0 Å². The van der Waals surface area contributed by atoms with Crippen molar-refractivity contribution in [2.24, 2.45) is 4.99 Å². The molecule has 0 radical (unpaired) electrons. The maximum Gasteiger partial charge on any atom is 0.191 e. The average molecular weight is 481 g/mol. The molecule has 1 heterocycles. The zero-order chi connectivity index (χ0) is 17.5. The summed E-state index contributed by atoms with van der Waals surface area (Å²) < 4.78 is 0. The third-order valence-electron chi connectivity index (χ3n) is 4.00. The maximum absolute atomic E-state index is 6.02. The van der Waals surface area contributed by atoms with E-state index in [9.17, 15) is 0 Å². The van der Waals surface area contributed by atoms with Crippen LogP contribution in [-0.2, 0) is 13.0 Å². The van der Waals surface area contributed by atoms with Crippen LogP contribution in [0.1, 0.15) is 11.3 Å². The summed E-state index contributed by atoms with van der Waals surface area (Å²) in [6, 6.07) is 18.2. The van der Waals surface area contributed by atoms with E-state index in [4.69, 9.17) is 11.6 Å². The molecule has 1 aromatic heterocycles. The van der Waals surface area contributed by atoms with E-state index in [1.807, 2.05) is 42.6 Å². The number of aromatic nitrogens is 1. The fourth-order valence-corrected chi connectivity index (χ4v) is 2.94. The van der Waals surface area contributed by atoms with Crippen molar-refractivity contribution in [3.8, 4) is 0 Å². The maximum atomic E-state index is 6.02. The van der Waals surface area contributed by atoms with E-state index in [1.165, 1.54) is 10.9 Å². The standard InChI is InChI=1S/C20H21ClN4.HI/c1-22-20(24-11-9-15-5-4-7-17(21)13-15)25-14-19-18-8-3-2-6-16(18)10-12-23-19;/h2-8,10,12-13H,9,11,14H2,1H3,(H2,22,24,25);1H. The van der Waals surface area contributed by atoms with Crippen molar-refractivity contribution in [3.05, 3.63) is 77.1 Å². The van der Waals surface area contributed by atoms with Crippen LogP contribution in [0.2, 0.25) is 5.02 Å². The van der Waals surface area contributed by atoms with Crippen LogP contribution in [0.25, 0.3) is 10.8 Å². The molecule has 2 N–H and O–H groups in total. The number of guanidine groups is 1. The van der Waals surface area contributed by atoms with Crippen LogP contribution in [0.4, 0.5) is 0 Å². The molecule has 0 aliphatic carbocycles. The molecule has 0 spiro atoms. The number of nitrogens with zero attached hydrogens (tertiary/aromatic N) is 2. The molecule has 0 atom stereocenters. The predicted octanol–water partition coefficient (Wildman–Crippen LogP) is 4.41. The van der Waals surface area contributed by atoms with Gasteiger partial charge in [-0.2, -0.15) is 0 Å². The van der Waals surface area contributed by atoms with Gasteiger partial charge in [-0.25, -0.2) is 0 Å². The third kappa shape index (κ3) is 5.57. The van der Waals surface area contributed by atoms with Gasteiger partial charge in [-0.3, -0.25) is 9.98 Å². The second-order valence-electron chi connectivity index (χ2n) is 5.71. The number of hydrogen-bond acceptors (Lipinski definition) is 2. The van der Waals surface area contributed by atoms with Gasteiger partial charge < -0.3 is 10.6 Å². The van der Waals surface area contributed by atoms with Crippen molar-refractivity contribution in [3.63, 3.8) is 0 Å². The van der Waals surface area contributed by atoms with Crippen LogP contribution < -0.4 is 10.6 Å². The molecule has 2 aromatic carbocycles. The molecule has 0 fully saturated rings. The third-order valence-corrected chi connectivity index (χ3v) is 4.23. The molecule has 136 valence electrons. The normalized spacial score (nSPS) is 11.1. The molecule has 0 unspecified atom stereocenters. The molecule has 4 nitrogen and oxygen atoms in total. The molecule has 26 heavy (non-hydrogen) atoms. The Labute approximate surface area is 176 Å². The Bertz CT molecular complexity index is 877. The van der Waals surface area contributed by atoms with E-state index in [0.717, 1.165) is 35.0 Å². The first-order valence-corrected chi connectivity index (χ1v) is 8.65. The average Bonchev–Trinajstić information content (AvgIpc) is 2.64. The van der Waals surface area contributed by atoms with Gasteiger partial charge in [0.15, 0.2) is 5.96 Å². The highest BCUT2D eigenvalue weighted by Crippen LogP contribution is 2.16. The summed E-state index contributed by atoms with van der Waals surface area (Å²) in [6.07, 6.45) is 2.72. The van der Waals surface area contributed by atoms with Crippen molar-refractivity contribution < 1.29 is 0 Å². The van der Waals surface area contributed by atoms with Crippen LogP contribution in [0, 0.1) is 0 Å². The summed E-state index contributed by atoms with van der Waals surface area (Å²) in [5, 5.41) is 9.77. The molecule has 0 bridgehead atoms. The van der Waals surface area contributed by atoms with Crippen LogP contribution in [0.5, 0.6) is 0 Å². The minimum atomic E-state index is 0. The van der Waals surface area contributed by atoms with Gasteiger partial charge in [0.05, 0.1) is 12.2 Å². The van der Waals surface area contributed by atoms with E-state index in [0.29, 0.717) is 6.54 Å². The Morgan fingerprint density at radius 2 is 1.92 bits per heavy atom. The molecular formula is C20H22ClIN4. The molecule has 0 aliphatic heterocycles. The largest absolute Gasteiger partial charge is 0.356 e. The number of rotatable bonds is 5. The topological polar surface area (TPSA) is 49.3 Å². The first-order valence-electron chi connectivity index (χ1n) is 8.28. The van der Waals surface area contributed by atoms with Crippen molar-refractivity contribution in [1.29, 1.82) is 0 Å². The second-order valence-corrected chi connectivity index (χ2v) is 6.15. The Kier molecular flexibility index (Phi) is 8.12. The highest BCUT2D eigenvalue weighted by molar-refractivity contribution is 14.0. The van der Waals surface area contributed by atoms with Crippen LogP contribution in [0.3, 0.4) is 0 Å². The monoisotopic (exact) mass is 480 g/mol. The van der Waals surface area contributed by atoms with Gasteiger partial charge in [0.2, 0.25) is 0 Å². The summed E-state index contributed by atoms with van der Waals surface area (Å²) in [5.41, 5.74) is 2.21. The molecule has 0 amide bonds. The van der Waals surface area contributed by atoms with Crippen molar-refractivity contribution in [2.45, 2.75) is 13.0 Å². The molecule has 0 aliphatic rings. The fourth-order valence-electron chi connectivity index (χ4n) is 2.73. The van der Waals surface area contributed by atoms with Gasteiger partial charge in [0.25, 0.3) is 0 Å². The summed E-state index contributed by atoms with van der Waals surface area (Å²) in [7, 11) is 1.77. The Morgan fingerprint density at radius 3 is 2.73 bits per heavy atom. The first kappa shape index (κ1) is 20.5. The summed E-state index contributed by atoms with van der Waals surface area (Å²) in [5.74, 6) is 0.761. The molecule has 0 saturated heterocycles. The quantitative estimate of drug-likeness (QED) is 0.323. The van der Waals surface area contributed by atoms with Gasteiger partial charge in [-0.15, -0.1) is 24.0 Å². The molecule has 3 aromatic rings. The number of halogens is 2. The highest BCUT2D eigenvalue weighted by atomic mass is 127. The predicted molar refractivity (Wildman–Crippen MR) is 121 cm³/mol. The Morgan fingerprint density at radius 1 is 1.08 bits per heavy atom. The minimum Gasteiger partial charge on any atom is -0.356 e. The van der Waals surface area contributed by atoms with Gasteiger partial charge in [0, 0.05) is 30.2 Å². The van der Waals surface area contributed by atoms with Gasteiger partial charge >= 0.3 is 0 Å². The minimum absolute atomic E-state index is 0. The molecule has 3 rings (SSSR count). The lowest BCUT2D eigenvalue weighted by molar-refractivity contribution is 0.787. The molecule has 6 heteroatoms. The highest BCUT2D eigenvalue weighted by Gasteiger charge is 2.04. The number of aliphatic imine (C=N–C) groups is 1. The number of benzene rings is 2. The number of pyridine rings is 1. The molecular weight excluding hydrogens is 459 g/mol. The number of hydrogen-bond donors (Lipinski definition) is 2. The van der Waals surface area contributed by atoms with Crippen LogP contribution in [-0.4, -0.2) is 24.5 Å². The smallest absolute Gasteiger partial charge is 0.191 e. The van der Waals surface area contributed by atoms with Crippen LogP contribution >= 0.6 is 35.6 Å². The number of fused-ring (bicyclic) bond motifs is 1. The lowest BCUT2D eigenvalue weighted by Crippen LogP contribution is -2.38. The van der Waals surface area contributed by atoms with E-state index in [-0.39, 0.29) is 24.0 Å². The zero-order valence-corrected chi connectivity index (χ0v) is 17.7. The van der Waals surface area contributed by atoms with Crippen molar-refractivity contribution >= 4 is 52.3 Å². The van der Waals surface area contributed by atoms with E-state index in [2.05, 4.69) is 38.8 Å². The Hall–Kier alpha value is -1.86. The first-order chi connectivity index (χ1) is 12.3. The zero-order valence-electron chi connectivity index (χ0n) is 14.6. The van der Waals surface area contributed by atoms with Crippen LogP contribution in [0.15, 0.2) is 65.8 Å². The fraction of sp³-hybridized carbons (Fsp3) is 0.200. The lowest BCUT2D eigenvalue weighted by Gasteiger charge is -2.12. The lowest BCUT2D eigenvalue weighted by atomic mass is 10.1. The Balaban J connectivity index is 0.00000243. The van der Waals surface area contributed by atoms with Crippen molar-refractivity contribution in [1.82, 2.24) is 15.6 Å². The summed E-state index contributed by atoms with van der Waals surface area (Å²) in [6.45, 7) is 1.40. The number of nitrogens with one attached hydrogen (secondary N) is 2. The molecule has 0 saturated carbocycles.